The van der Waals surface area contributed by atoms with Gasteiger partial charge in [0.15, 0.2) is 5.96 Å². The molecule has 0 aliphatic heterocycles. The van der Waals surface area contributed by atoms with Crippen LogP contribution in [-0.4, -0.2) is 44.5 Å². The van der Waals surface area contributed by atoms with Crippen LogP contribution in [0.25, 0.3) is 0 Å². The van der Waals surface area contributed by atoms with Gasteiger partial charge in [-0.25, -0.2) is 4.39 Å². The maximum absolute atomic E-state index is 13.6. The van der Waals surface area contributed by atoms with Crippen LogP contribution in [-0.2, 0) is 13.0 Å². The molecule has 0 fully saturated rings. The molecule has 0 heterocycles. The zero-order valence-electron chi connectivity index (χ0n) is 15.7. The summed E-state index contributed by atoms with van der Waals surface area (Å²) < 4.78 is 14.0. The van der Waals surface area contributed by atoms with Crippen molar-refractivity contribution in [3.63, 3.8) is 0 Å². The molecule has 0 radical (unpaired) electrons. The highest BCUT2D eigenvalue weighted by molar-refractivity contribution is 9.10. The van der Waals surface area contributed by atoms with Crippen LogP contribution >= 0.6 is 15.9 Å². The number of hydrogen-bond acceptors (Lipinski definition) is 2. The number of amides is 1. The Morgan fingerprint density at radius 2 is 1.93 bits per heavy atom. The fraction of sp³-hybridized carbons (Fsp3) is 0.300. The van der Waals surface area contributed by atoms with Crippen molar-refractivity contribution in [1.29, 1.82) is 0 Å². The number of nitrogens with one attached hydrogen (secondary N) is 2. The van der Waals surface area contributed by atoms with E-state index in [9.17, 15) is 9.18 Å². The number of carbonyl (C=O) groups is 1. The number of halogens is 2. The molecule has 144 valence electrons. The maximum atomic E-state index is 13.6. The van der Waals surface area contributed by atoms with Crippen molar-refractivity contribution in [1.82, 2.24) is 15.5 Å². The predicted molar refractivity (Wildman–Crippen MR) is 110 cm³/mol. The monoisotopic (exact) mass is 434 g/mol. The summed E-state index contributed by atoms with van der Waals surface area (Å²) in [4.78, 5) is 17.8. The Morgan fingerprint density at radius 3 is 2.59 bits per heavy atom. The predicted octanol–water partition coefficient (Wildman–Crippen LogP) is 3.20. The van der Waals surface area contributed by atoms with E-state index in [0.29, 0.717) is 29.1 Å². The first kappa shape index (κ1) is 20.9. The maximum Gasteiger partial charge on any atom is 0.253 e. The number of benzene rings is 2. The lowest BCUT2D eigenvalue weighted by atomic mass is 10.1. The normalized spacial score (nSPS) is 11.2. The second-order valence-electron chi connectivity index (χ2n) is 6.25. The zero-order chi connectivity index (χ0) is 19.8. The highest BCUT2D eigenvalue weighted by Gasteiger charge is 2.08. The first-order valence-electron chi connectivity index (χ1n) is 8.59. The summed E-state index contributed by atoms with van der Waals surface area (Å²) in [5, 5.41) is 6.39. The molecule has 2 N–H and O–H groups in total. The number of nitrogens with zero attached hydrogens (tertiary/aromatic N) is 2. The molecule has 2 aromatic rings. The smallest absolute Gasteiger partial charge is 0.253 e. The highest BCUT2D eigenvalue weighted by Crippen LogP contribution is 2.16. The van der Waals surface area contributed by atoms with E-state index < -0.39 is 0 Å². The molecule has 5 nitrogen and oxygen atoms in total. The van der Waals surface area contributed by atoms with Crippen molar-refractivity contribution < 1.29 is 9.18 Å². The largest absolute Gasteiger partial charge is 0.356 e. The van der Waals surface area contributed by atoms with Crippen LogP contribution in [0.15, 0.2) is 51.9 Å². The van der Waals surface area contributed by atoms with E-state index >= 15 is 0 Å². The average Bonchev–Trinajstić information content (AvgIpc) is 2.66. The van der Waals surface area contributed by atoms with E-state index in [1.807, 2.05) is 30.3 Å². The third-order valence-corrected chi connectivity index (χ3v) is 4.60. The quantitative estimate of drug-likeness (QED) is 0.542. The Kier molecular flexibility index (Phi) is 7.79. The van der Waals surface area contributed by atoms with Crippen molar-refractivity contribution in [2.24, 2.45) is 4.99 Å². The molecule has 0 spiro atoms. The summed E-state index contributed by atoms with van der Waals surface area (Å²) in [5.41, 5.74) is 2.58. The van der Waals surface area contributed by atoms with Crippen LogP contribution in [0, 0.1) is 5.82 Å². The van der Waals surface area contributed by atoms with E-state index in [2.05, 4.69) is 31.6 Å². The molecule has 7 heteroatoms. The van der Waals surface area contributed by atoms with E-state index in [1.165, 1.54) is 6.07 Å². The van der Waals surface area contributed by atoms with Crippen LogP contribution < -0.4 is 10.6 Å². The van der Waals surface area contributed by atoms with Gasteiger partial charge in [-0.2, -0.15) is 0 Å². The SMILES string of the molecule is CN=C(NCCc1cccc(C(=O)N(C)C)c1)NCc1ccc(Br)c(F)c1. The topological polar surface area (TPSA) is 56.7 Å². The molecule has 0 aliphatic carbocycles. The Hall–Kier alpha value is -2.41. The van der Waals surface area contributed by atoms with Crippen molar-refractivity contribution >= 4 is 27.8 Å². The van der Waals surface area contributed by atoms with Gasteiger partial charge in [0.05, 0.1) is 4.47 Å². The Labute approximate surface area is 167 Å². The van der Waals surface area contributed by atoms with Gasteiger partial charge >= 0.3 is 0 Å². The van der Waals surface area contributed by atoms with Crippen LogP contribution in [0.5, 0.6) is 0 Å². The summed E-state index contributed by atoms with van der Waals surface area (Å²) in [5.74, 6) is 0.340. The Bertz CT molecular complexity index is 823. The van der Waals surface area contributed by atoms with Crippen LogP contribution in [0.1, 0.15) is 21.5 Å². The van der Waals surface area contributed by atoms with Gasteiger partial charge in [-0.1, -0.05) is 18.2 Å². The lowest BCUT2D eigenvalue weighted by molar-refractivity contribution is 0.0827. The first-order chi connectivity index (χ1) is 12.9. The van der Waals surface area contributed by atoms with Gasteiger partial charge in [0.2, 0.25) is 0 Å². The molecular formula is C20H24BrFN4O. The molecule has 27 heavy (non-hydrogen) atoms. The van der Waals surface area contributed by atoms with Crippen molar-refractivity contribution in [3.8, 4) is 0 Å². The zero-order valence-corrected chi connectivity index (χ0v) is 17.3. The van der Waals surface area contributed by atoms with Crippen molar-refractivity contribution in [2.45, 2.75) is 13.0 Å². The number of carbonyl (C=O) groups excluding carboxylic acids is 1. The first-order valence-corrected chi connectivity index (χ1v) is 9.39. The molecule has 0 aliphatic rings. The summed E-state index contributed by atoms with van der Waals surface area (Å²) in [6.07, 6.45) is 0.752. The second kappa shape index (κ2) is 10.1. The Morgan fingerprint density at radius 1 is 1.15 bits per heavy atom. The molecule has 0 saturated carbocycles. The van der Waals surface area contributed by atoms with Gasteiger partial charge in [0.25, 0.3) is 5.91 Å². The molecular weight excluding hydrogens is 411 g/mol. The van der Waals surface area contributed by atoms with Gasteiger partial charge in [-0.3, -0.25) is 9.79 Å². The second-order valence-corrected chi connectivity index (χ2v) is 7.11. The van der Waals surface area contributed by atoms with Crippen molar-refractivity contribution in [2.75, 3.05) is 27.7 Å². The molecule has 1 amide bonds. The Balaban J connectivity index is 1.85. The number of aliphatic imine (C=N–C) groups is 1. The molecule has 0 bridgehead atoms. The number of rotatable bonds is 6. The van der Waals surface area contributed by atoms with E-state index in [0.717, 1.165) is 17.5 Å². The fourth-order valence-corrected chi connectivity index (χ4v) is 2.75. The lowest BCUT2D eigenvalue weighted by Gasteiger charge is -2.13. The molecule has 0 saturated heterocycles. The number of guanidine groups is 1. The third-order valence-electron chi connectivity index (χ3n) is 3.95. The van der Waals surface area contributed by atoms with Gasteiger partial charge < -0.3 is 15.5 Å². The molecule has 2 rings (SSSR count). The summed E-state index contributed by atoms with van der Waals surface area (Å²) in [6.45, 7) is 1.13. The van der Waals surface area contributed by atoms with Crippen LogP contribution in [0.3, 0.4) is 0 Å². The molecule has 0 aromatic heterocycles. The molecule has 2 aromatic carbocycles. The van der Waals surface area contributed by atoms with Gasteiger partial charge in [-0.05, 0) is 57.7 Å². The van der Waals surface area contributed by atoms with Crippen molar-refractivity contribution in [3.05, 3.63) is 69.4 Å². The summed E-state index contributed by atoms with van der Waals surface area (Å²) >= 11 is 3.15. The third kappa shape index (κ3) is 6.36. The molecule has 0 atom stereocenters. The minimum atomic E-state index is -0.288. The van der Waals surface area contributed by atoms with Gasteiger partial charge in [0, 0.05) is 39.8 Å². The van der Waals surface area contributed by atoms with Gasteiger partial charge in [0.1, 0.15) is 5.82 Å². The standard InChI is InChI=1S/C20H24BrFN4O/c1-23-20(25-13-15-7-8-17(21)18(22)12-15)24-10-9-14-5-4-6-16(11-14)19(27)26(2)3/h4-8,11-12H,9-10,13H2,1-3H3,(H2,23,24,25). The lowest BCUT2D eigenvalue weighted by Crippen LogP contribution is -2.37. The summed E-state index contributed by atoms with van der Waals surface area (Å²) in [6, 6.07) is 12.6. The van der Waals surface area contributed by atoms with E-state index in [4.69, 9.17) is 0 Å². The van der Waals surface area contributed by atoms with E-state index in [-0.39, 0.29) is 11.7 Å². The van der Waals surface area contributed by atoms with Crippen LogP contribution in [0.2, 0.25) is 0 Å². The fourth-order valence-electron chi connectivity index (χ4n) is 2.50. The van der Waals surface area contributed by atoms with E-state index in [1.54, 1.807) is 32.1 Å². The molecule has 0 unspecified atom stereocenters. The average molecular weight is 435 g/mol. The van der Waals surface area contributed by atoms with Crippen LogP contribution in [0.4, 0.5) is 4.39 Å². The number of hydrogen-bond donors (Lipinski definition) is 2. The minimum Gasteiger partial charge on any atom is -0.356 e. The summed E-state index contributed by atoms with van der Waals surface area (Å²) in [7, 11) is 5.17. The van der Waals surface area contributed by atoms with Gasteiger partial charge in [-0.15, -0.1) is 0 Å². The highest BCUT2D eigenvalue weighted by atomic mass is 79.9. The minimum absolute atomic E-state index is 0.0102.